The molecule has 1 aromatic carbocycles. The summed E-state index contributed by atoms with van der Waals surface area (Å²) in [4.78, 5) is 18.1. The van der Waals surface area contributed by atoms with Crippen LogP contribution in [0, 0.1) is 0 Å². The van der Waals surface area contributed by atoms with Crippen molar-refractivity contribution < 1.29 is 0 Å². The van der Waals surface area contributed by atoms with Crippen molar-refractivity contribution >= 4 is 47.9 Å². The van der Waals surface area contributed by atoms with E-state index in [9.17, 15) is 0 Å². The van der Waals surface area contributed by atoms with Gasteiger partial charge >= 0.3 is 14.0 Å². The summed E-state index contributed by atoms with van der Waals surface area (Å²) < 4.78 is 0. The average molecular weight is 368 g/mol. The summed E-state index contributed by atoms with van der Waals surface area (Å²) in [5.41, 5.74) is 4.84. The Morgan fingerprint density at radius 1 is 0.571 bits per heavy atom. The molecule has 2 aromatic heterocycles. The predicted octanol–water partition coefficient (Wildman–Crippen LogP) is 1.04. The number of pyridine rings is 2. The number of hydrogen-bond acceptors (Lipinski definition) is 6. The van der Waals surface area contributed by atoms with Crippen LogP contribution in [-0.2, 0) is 0 Å². The van der Waals surface area contributed by atoms with Crippen LogP contribution in [0.1, 0.15) is 0 Å². The van der Waals surface area contributed by atoms with Crippen molar-refractivity contribution in [1.82, 2.24) is 9.97 Å². The van der Waals surface area contributed by atoms with Crippen molar-refractivity contribution in [3.63, 3.8) is 0 Å². The van der Waals surface area contributed by atoms with Crippen molar-refractivity contribution in [1.29, 1.82) is 0 Å². The van der Waals surface area contributed by atoms with Gasteiger partial charge in [0, 0.05) is 12.4 Å². The molecular weight excluding hydrogens is 346 g/mol. The van der Waals surface area contributed by atoms with Crippen LogP contribution >= 0.6 is 0 Å². The van der Waals surface area contributed by atoms with Gasteiger partial charge in [-0.25, -0.2) is 9.97 Å². The van der Waals surface area contributed by atoms with Crippen LogP contribution in [0.2, 0.25) is 0 Å². The average Bonchev–Trinajstić information content (AvgIpc) is 3.14. The second-order valence-corrected chi connectivity index (χ2v) is 7.55. The fourth-order valence-corrected chi connectivity index (χ4v) is 4.62. The van der Waals surface area contributed by atoms with E-state index in [1.54, 1.807) is 0 Å². The van der Waals surface area contributed by atoms with Crippen molar-refractivity contribution in [3.05, 3.63) is 60.9 Å². The SMILES string of the molecule is CN1B(c2ccc(B3N(C)c4cccnc4N3C)cc2)N(C)c2ncccc21. The van der Waals surface area contributed by atoms with Gasteiger partial charge in [0.2, 0.25) is 0 Å². The van der Waals surface area contributed by atoms with Gasteiger partial charge in [0.05, 0.1) is 11.4 Å². The molecule has 0 unspecified atom stereocenters. The van der Waals surface area contributed by atoms with Gasteiger partial charge < -0.3 is 19.2 Å². The summed E-state index contributed by atoms with van der Waals surface area (Å²) in [6, 6.07) is 17.2. The molecule has 0 radical (unpaired) electrons. The fourth-order valence-electron chi connectivity index (χ4n) is 4.62. The van der Waals surface area contributed by atoms with E-state index in [1.165, 1.54) is 10.9 Å². The molecule has 4 heterocycles. The minimum absolute atomic E-state index is 0.150. The first kappa shape index (κ1) is 17.0. The molecule has 0 N–H and O–H groups in total. The molecule has 0 atom stereocenters. The van der Waals surface area contributed by atoms with Crippen LogP contribution in [0.15, 0.2) is 60.9 Å². The molecule has 5 rings (SSSR count). The van der Waals surface area contributed by atoms with E-state index in [1.807, 2.05) is 24.5 Å². The van der Waals surface area contributed by atoms with Gasteiger partial charge in [0.15, 0.2) is 0 Å². The second-order valence-electron chi connectivity index (χ2n) is 7.55. The Bertz CT molecular complexity index is 887. The van der Waals surface area contributed by atoms with Crippen molar-refractivity contribution in [2.24, 2.45) is 0 Å². The Hall–Kier alpha value is -3.15. The van der Waals surface area contributed by atoms with Crippen LogP contribution in [0.25, 0.3) is 0 Å². The lowest BCUT2D eigenvalue weighted by Gasteiger charge is -2.25. The molecule has 3 aromatic rings. The van der Waals surface area contributed by atoms with E-state index in [0.29, 0.717) is 0 Å². The summed E-state index contributed by atoms with van der Waals surface area (Å²) in [5.74, 6) is 2.05. The first-order chi connectivity index (χ1) is 13.6. The molecule has 0 bridgehead atoms. The topological polar surface area (TPSA) is 38.7 Å². The Morgan fingerprint density at radius 2 is 0.964 bits per heavy atom. The van der Waals surface area contributed by atoms with Gasteiger partial charge in [-0.2, -0.15) is 0 Å². The fraction of sp³-hybridized carbons (Fsp3) is 0.200. The minimum Gasteiger partial charge on any atom is -0.392 e. The van der Waals surface area contributed by atoms with E-state index in [-0.39, 0.29) is 14.0 Å². The summed E-state index contributed by atoms with van der Waals surface area (Å²) in [5, 5.41) is 0. The molecule has 2 aliphatic rings. The van der Waals surface area contributed by atoms with Gasteiger partial charge in [-0.1, -0.05) is 24.3 Å². The van der Waals surface area contributed by atoms with Gasteiger partial charge in [-0.3, -0.25) is 0 Å². The van der Waals surface area contributed by atoms with E-state index >= 15 is 0 Å². The van der Waals surface area contributed by atoms with Crippen molar-refractivity contribution in [3.8, 4) is 0 Å². The molecule has 0 spiro atoms. The predicted molar refractivity (Wildman–Crippen MR) is 119 cm³/mol. The molecule has 8 heteroatoms. The third-order valence-corrected chi connectivity index (χ3v) is 5.96. The van der Waals surface area contributed by atoms with Crippen LogP contribution < -0.4 is 30.2 Å². The molecule has 138 valence electrons. The highest BCUT2D eigenvalue weighted by molar-refractivity contribution is 6.83. The van der Waals surface area contributed by atoms with Crippen molar-refractivity contribution in [2.75, 3.05) is 47.4 Å². The molecule has 0 fully saturated rings. The molecule has 2 aliphatic heterocycles. The summed E-state index contributed by atoms with van der Waals surface area (Å²) in [7, 11) is 8.47. The number of aromatic nitrogens is 2. The van der Waals surface area contributed by atoms with Crippen LogP contribution in [0.3, 0.4) is 0 Å². The third-order valence-electron chi connectivity index (χ3n) is 5.96. The Kier molecular flexibility index (Phi) is 3.75. The van der Waals surface area contributed by atoms with Crippen LogP contribution in [0.5, 0.6) is 0 Å². The zero-order chi connectivity index (χ0) is 19.4. The molecule has 0 saturated heterocycles. The van der Waals surface area contributed by atoms with Gasteiger partial charge in [0.1, 0.15) is 11.6 Å². The smallest absolute Gasteiger partial charge is 0.392 e. The molecule has 0 amide bonds. The van der Waals surface area contributed by atoms with E-state index < -0.39 is 0 Å². The summed E-state index contributed by atoms with van der Waals surface area (Å²) >= 11 is 0. The highest BCUT2D eigenvalue weighted by atomic mass is 15.3. The Balaban J connectivity index is 1.45. The molecular formula is C20H22B2N6. The van der Waals surface area contributed by atoms with Crippen molar-refractivity contribution in [2.45, 2.75) is 0 Å². The minimum atomic E-state index is 0.150. The highest BCUT2D eigenvalue weighted by Crippen LogP contribution is 2.34. The van der Waals surface area contributed by atoms with Gasteiger partial charge in [0.25, 0.3) is 0 Å². The zero-order valence-corrected chi connectivity index (χ0v) is 16.6. The number of rotatable bonds is 2. The molecule has 6 nitrogen and oxygen atoms in total. The Morgan fingerprint density at radius 3 is 1.32 bits per heavy atom. The number of hydrogen-bond donors (Lipinski definition) is 0. The lowest BCUT2D eigenvalue weighted by atomic mass is 9.62. The summed E-state index contributed by atoms with van der Waals surface area (Å²) in [6.45, 7) is 0.300. The normalized spacial score (nSPS) is 15.4. The second kappa shape index (κ2) is 6.19. The van der Waals surface area contributed by atoms with Gasteiger partial charge in [-0.15, -0.1) is 0 Å². The number of fused-ring (bicyclic) bond motifs is 2. The Labute approximate surface area is 166 Å². The molecule has 0 aliphatic carbocycles. The number of benzene rings is 1. The first-order valence-corrected chi connectivity index (χ1v) is 9.49. The maximum absolute atomic E-state index is 4.55. The van der Waals surface area contributed by atoms with Crippen LogP contribution in [0.4, 0.5) is 23.0 Å². The lowest BCUT2D eigenvalue weighted by Crippen LogP contribution is -2.56. The van der Waals surface area contributed by atoms with E-state index in [0.717, 1.165) is 23.0 Å². The number of anilines is 4. The van der Waals surface area contributed by atoms with E-state index in [2.05, 4.69) is 93.8 Å². The standard InChI is InChI=1S/C20H22B2N6/c1-25-17-7-5-13-23-19(17)27(3)21(25)15-9-11-16(12-10-15)22-26(2)18-8-6-14-24-20(18)28(22)4/h5-14H,1-4H3. The van der Waals surface area contributed by atoms with Crippen LogP contribution in [-0.4, -0.2) is 52.1 Å². The zero-order valence-electron chi connectivity index (χ0n) is 16.6. The number of nitrogens with zero attached hydrogens (tertiary/aromatic N) is 6. The summed E-state index contributed by atoms with van der Waals surface area (Å²) in [6.07, 6.45) is 3.71. The lowest BCUT2D eigenvalue weighted by molar-refractivity contribution is 1.22. The maximum Gasteiger partial charge on any atom is 0.412 e. The third kappa shape index (κ3) is 2.30. The highest BCUT2D eigenvalue weighted by Gasteiger charge is 2.40. The quantitative estimate of drug-likeness (QED) is 0.630. The maximum atomic E-state index is 4.55. The van der Waals surface area contributed by atoms with Gasteiger partial charge in [-0.05, 0) is 63.4 Å². The van der Waals surface area contributed by atoms with E-state index in [4.69, 9.17) is 0 Å². The first-order valence-electron chi connectivity index (χ1n) is 9.49. The molecule has 0 saturated carbocycles. The monoisotopic (exact) mass is 368 g/mol. The largest absolute Gasteiger partial charge is 0.412 e. The molecule has 28 heavy (non-hydrogen) atoms.